The second-order valence-corrected chi connectivity index (χ2v) is 7.35. The Hall–Kier alpha value is -2.14. The summed E-state index contributed by atoms with van der Waals surface area (Å²) < 4.78 is 2.33. The lowest BCUT2D eigenvalue weighted by atomic mass is 10.2. The Bertz CT molecular complexity index is 878. The monoisotopic (exact) mass is 325 g/mol. The molecule has 0 bridgehead atoms. The minimum Gasteiger partial charge on any atom is -0.328 e. The summed E-state index contributed by atoms with van der Waals surface area (Å²) in [5, 5.41) is 2.98. The van der Waals surface area contributed by atoms with Crippen LogP contribution in [0.3, 0.4) is 0 Å². The number of carbonyl (C=O) groups excluding carboxylic acids is 1. The van der Waals surface area contributed by atoms with Crippen molar-refractivity contribution >= 4 is 34.0 Å². The molecule has 4 nitrogen and oxygen atoms in total. The number of carbonyl (C=O) groups is 1. The van der Waals surface area contributed by atoms with Gasteiger partial charge in [-0.3, -0.25) is 4.79 Å². The number of anilines is 1. The van der Waals surface area contributed by atoms with E-state index >= 15 is 0 Å². The molecule has 2 aromatic heterocycles. The number of benzene rings is 1. The maximum atomic E-state index is 12.3. The van der Waals surface area contributed by atoms with Crippen LogP contribution in [-0.2, 0) is 13.0 Å². The summed E-state index contributed by atoms with van der Waals surface area (Å²) in [6.07, 6.45) is 4.75. The van der Waals surface area contributed by atoms with Gasteiger partial charge < -0.3 is 9.88 Å². The molecule has 0 aliphatic carbocycles. The molecule has 1 aliphatic heterocycles. The summed E-state index contributed by atoms with van der Waals surface area (Å²) in [5.41, 5.74) is 2.95. The third-order valence-electron chi connectivity index (χ3n) is 4.33. The zero-order valence-corrected chi connectivity index (χ0v) is 13.9. The number of hydrogen-bond donors (Lipinski definition) is 1. The number of aryl methyl sites for hydroxylation is 3. The molecule has 3 aromatic rings. The summed E-state index contributed by atoms with van der Waals surface area (Å²) in [4.78, 5) is 18.9. The lowest BCUT2D eigenvalue weighted by molar-refractivity contribution is 0.103. The van der Waals surface area contributed by atoms with Gasteiger partial charge in [0.2, 0.25) is 0 Å². The fourth-order valence-corrected chi connectivity index (χ4v) is 3.94. The summed E-state index contributed by atoms with van der Waals surface area (Å²) in [5.74, 6) is 1.12. The molecule has 118 valence electrons. The zero-order valence-electron chi connectivity index (χ0n) is 13.1. The number of aromatic nitrogens is 2. The predicted octanol–water partition coefficient (Wildman–Crippen LogP) is 4.38. The average Bonchev–Trinajstić information content (AvgIpc) is 3.03. The van der Waals surface area contributed by atoms with Crippen LogP contribution in [0.5, 0.6) is 0 Å². The molecule has 23 heavy (non-hydrogen) atoms. The number of nitrogens with one attached hydrogen (secondary N) is 1. The molecule has 1 aliphatic rings. The van der Waals surface area contributed by atoms with E-state index in [1.54, 1.807) is 0 Å². The van der Waals surface area contributed by atoms with Gasteiger partial charge in [-0.15, -0.1) is 11.3 Å². The van der Waals surface area contributed by atoms with Crippen molar-refractivity contribution in [2.75, 3.05) is 5.32 Å². The summed E-state index contributed by atoms with van der Waals surface area (Å²) >= 11 is 1.51. The van der Waals surface area contributed by atoms with E-state index in [9.17, 15) is 4.79 Å². The number of rotatable bonds is 2. The maximum absolute atomic E-state index is 12.3. The first-order valence-electron chi connectivity index (χ1n) is 8.08. The quantitative estimate of drug-likeness (QED) is 0.760. The van der Waals surface area contributed by atoms with Gasteiger partial charge >= 0.3 is 0 Å². The number of amides is 1. The molecule has 4 rings (SSSR count). The van der Waals surface area contributed by atoms with Gasteiger partial charge in [-0.1, -0.05) is 6.42 Å². The van der Waals surface area contributed by atoms with Crippen molar-refractivity contribution in [3.8, 4) is 0 Å². The van der Waals surface area contributed by atoms with Gasteiger partial charge in [0.1, 0.15) is 5.82 Å². The van der Waals surface area contributed by atoms with Gasteiger partial charge in [0, 0.05) is 23.5 Å². The second kappa shape index (κ2) is 5.81. The van der Waals surface area contributed by atoms with Crippen molar-refractivity contribution in [3.63, 3.8) is 0 Å². The van der Waals surface area contributed by atoms with Crippen LogP contribution < -0.4 is 5.32 Å². The zero-order chi connectivity index (χ0) is 15.8. The van der Waals surface area contributed by atoms with E-state index in [1.165, 1.54) is 41.9 Å². The van der Waals surface area contributed by atoms with E-state index in [0.29, 0.717) is 0 Å². The highest BCUT2D eigenvalue weighted by Gasteiger charge is 2.14. The van der Waals surface area contributed by atoms with Gasteiger partial charge in [0.25, 0.3) is 5.91 Å². The Labute approximate surface area is 139 Å². The number of imidazole rings is 1. The number of thiophene rings is 1. The maximum Gasteiger partial charge on any atom is 0.265 e. The Balaban J connectivity index is 1.63. The van der Waals surface area contributed by atoms with Crippen LogP contribution in [0.25, 0.3) is 11.0 Å². The average molecular weight is 325 g/mol. The van der Waals surface area contributed by atoms with Crippen molar-refractivity contribution in [2.24, 2.45) is 0 Å². The van der Waals surface area contributed by atoms with Gasteiger partial charge in [0.15, 0.2) is 0 Å². The highest BCUT2D eigenvalue weighted by Crippen LogP contribution is 2.25. The van der Waals surface area contributed by atoms with Gasteiger partial charge in [-0.2, -0.15) is 0 Å². The fourth-order valence-electron chi connectivity index (χ4n) is 3.18. The Morgan fingerprint density at radius 1 is 1.22 bits per heavy atom. The first-order valence-corrected chi connectivity index (χ1v) is 8.89. The lowest BCUT2D eigenvalue weighted by Gasteiger charge is -2.06. The van der Waals surface area contributed by atoms with Gasteiger partial charge in [-0.05, 0) is 50.1 Å². The van der Waals surface area contributed by atoms with Crippen molar-refractivity contribution in [2.45, 2.75) is 39.2 Å². The van der Waals surface area contributed by atoms with E-state index in [-0.39, 0.29) is 5.91 Å². The van der Waals surface area contributed by atoms with Gasteiger partial charge in [-0.25, -0.2) is 4.98 Å². The minimum atomic E-state index is -0.0526. The SMILES string of the molecule is Cc1ccc(C(=O)Nc2ccc3c(c2)nc2n3CCCCC2)s1. The van der Waals surface area contributed by atoms with Gasteiger partial charge in [0.05, 0.1) is 15.9 Å². The molecule has 1 N–H and O–H groups in total. The smallest absolute Gasteiger partial charge is 0.265 e. The highest BCUT2D eigenvalue weighted by atomic mass is 32.1. The molecule has 1 amide bonds. The van der Waals surface area contributed by atoms with E-state index in [0.717, 1.165) is 33.9 Å². The van der Waals surface area contributed by atoms with Crippen LogP contribution in [0.15, 0.2) is 30.3 Å². The summed E-state index contributed by atoms with van der Waals surface area (Å²) in [7, 11) is 0. The molecular formula is C18H19N3OS. The Morgan fingerprint density at radius 3 is 2.96 bits per heavy atom. The normalized spacial score (nSPS) is 14.5. The molecule has 0 saturated heterocycles. The molecule has 0 spiro atoms. The topological polar surface area (TPSA) is 46.9 Å². The number of fused-ring (bicyclic) bond motifs is 3. The van der Waals surface area contributed by atoms with E-state index in [4.69, 9.17) is 4.98 Å². The van der Waals surface area contributed by atoms with Crippen LogP contribution in [0, 0.1) is 6.92 Å². The van der Waals surface area contributed by atoms with Crippen LogP contribution in [0.1, 0.15) is 39.6 Å². The number of hydrogen-bond acceptors (Lipinski definition) is 3. The highest BCUT2D eigenvalue weighted by molar-refractivity contribution is 7.14. The molecule has 0 fully saturated rings. The van der Waals surface area contributed by atoms with Crippen molar-refractivity contribution < 1.29 is 4.79 Å². The molecule has 1 aromatic carbocycles. The van der Waals surface area contributed by atoms with Crippen molar-refractivity contribution in [1.29, 1.82) is 0 Å². The van der Waals surface area contributed by atoms with Crippen LogP contribution >= 0.6 is 11.3 Å². The molecular weight excluding hydrogens is 306 g/mol. The largest absolute Gasteiger partial charge is 0.328 e. The molecule has 0 atom stereocenters. The third-order valence-corrected chi connectivity index (χ3v) is 5.33. The summed E-state index contributed by atoms with van der Waals surface area (Å²) in [6, 6.07) is 9.87. The van der Waals surface area contributed by atoms with Crippen LogP contribution in [-0.4, -0.2) is 15.5 Å². The van der Waals surface area contributed by atoms with E-state index in [1.807, 2.05) is 31.2 Å². The van der Waals surface area contributed by atoms with Crippen LogP contribution in [0.2, 0.25) is 0 Å². The van der Waals surface area contributed by atoms with Crippen molar-refractivity contribution in [1.82, 2.24) is 9.55 Å². The van der Waals surface area contributed by atoms with Crippen LogP contribution in [0.4, 0.5) is 5.69 Å². The van der Waals surface area contributed by atoms with E-state index in [2.05, 4.69) is 16.0 Å². The Morgan fingerprint density at radius 2 is 2.13 bits per heavy atom. The second-order valence-electron chi connectivity index (χ2n) is 6.06. The molecule has 0 unspecified atom stereocenters. The molecule has 0 radical (unpaired) electrons. The standard InChI is InChI=1S/C18H19N3OS/c1-12-6-9-16(23-12)18(22)19-13-7-8-15-14(11-13)20-17-5-3-2-4-10-21(15)17/h6-9,11H,2-5,10H2,1H3,(H,19,22). The van der Waals surface area contributed by atoms with E-state index < -0.39 is 0 Å². The van der Waals surface area contributed by atoms with Crippen molar-refractivity contribution in [3.05, 3.63) is 45.9 Å². The number of nitrogens with zero attached hydrogens (tertiary/aromatic N) is 2. The fraction of sp³-hybridized carbons (Fsp3) is 0.333. The third kappa shape index (κ3) is 2.77. The minimum absolute atomic E-state index is 0.0526. The first kappa shape index (κ1) is 14.5. The molecule has 3 heterocycles. The molecule has 0 saturated carbocycles. The Kier molecular flexibility index (Phi) is 3.65. The first-order chi connectivity index (χ1) is 11.2. The summed E-state index contributed by atoms with van der Waals surface area (Å²) in [6.45, 7) is 3.05. The molecule has 5 heteroatoms. The lowest BCUT2D eigenvalue weighted by Crippen LogP contribution is -2.09. The predicted molar refractivity (Wildman–Crippen MR) is 94.3 cm³/mol.